The molecule has 0 unspecified atom stereocenters. The van der Waals surface area contributed by atoms with Gasteiger partial charge in [-0.05, 0) is 31.4 Å². The molecule has 0 spiro atoms. The average Bonchev–Trinajstić information content (AvgIpc) is 3.16. The van der Waals surface area contributed by atoms with Crippen LogP contribution in [0.5, 0.6) is 0 Å². The first kappa shape index (κ1) is 26.5. The van der Waals surface area contributed by atoms with Crippen LogP contribution in [0, 0.1) is 0 Å². The van der Waals surface area contributed by atoms with Gasteiger partial charge in [0.1, 0.15) is 0 Å². The molecule has 188 valence electrons. The lowest BCUT2D eigenvalue weighted by Gasteiger charge is -2.23. The SMILES string of the molecule is CN(C(=O)COC(=O)c1ccccc1SCC(=O)NC1CCCCCCC1)[C@H]1CCS(=O)(=O)C1. The molecule has 1 saturated carbocycles. The van der Waals surface area contributed by atoms with Crippen LogP contribution in [0.1, 0.15) is 61.7 Å². The van der Waals surface area contributed by atoms with Crippen molar-refractivity contribution >= 4 is 39.4 Å². The Balaban J connectivity index is 1.49. The summed E-state index contributed by atoms with van der Waals surface area (Å²) in [7, 11) is -1.59. The summed E-state index contributed by atoms with van der Waals surface area (Å²) in [5.41, 5.74) is 0.296. The minimum Gasteiger partial charge on any atom is -0.452 e. The first-order valence-corrected chi connectivity index (χ1v) is 14.7. The smallest absolute Gasteiger partial charge is 0.339 e. The van der Waals surface area contributed by atoms with Gasteiger partial charge in [0, 0.05) is 24.0 Å². The first-order valence-electron chi connectivity index (χ1n) is 11.9. The van der Waals surface area contributed by atoms with Gasteiger partial charge in [-0.1, -0.05) is 44.2 Å². The lowest BCUT2D eigenvalue weighted by atomic mass is 9.97. The standard InChI is InChI=1S/C24H34N2O6S2/c1-26(19-13-14-34(30,31)17-19)23(28)15-32-24(29)20-11-7-8-12-21(20)33-16-22(27)25-18-9-5-3-2-4-6-10-18/h7-8,11-12,18-19H,2-6,9-10,13-17H2,1H3,(H,25,27)/t19-/m0/s1. The number of sulfone groups is 1. The predicted molar refractivity (Wildman–Crippen MR) is 132 cm³/mol. The van der Waals surface area contributed by atoms with Crippen LogP contribution in [0.15, 0.2) is 29.2 Å². The summed E-state index contributed by atoms with van der Waals surface area (Å²) < 4.78 is 28.5. The fourth-order valence-electron chi connectivity index (χ4n) is 4.37. The van der Waals surface area contributed by atoms with Crippen molar-refractivity contribution in [3.8, 4) is 0 Å². The number of amides is 2. The Morgan fingerprint density at radius 3 is 2.41 bits per heavy atom. The van der Waals surface area contributed by atoms with E-state index in [-0.39, 0.29) is 29.2 Å². The number of benzene rings is 1. The molecule has 2 aliphatic rings. The number of carbonyl (C=O) groups is 3. The number of nitrogens with one attached hydrogen (secondary N) is 1. The summed E-state index contributed by atoms with van der Waals surface area (Å²) in [4.78, 5) is 39.5. The van der Waals surface area contributed by atoms with Crippen molar-refractivity contribution in [3.63, 3.8) is 0 Å². The zero-order chi connectivity index (χ0) is 24.6. The number of nitrogens with zero attached hydrogens (tertiary/aromatic N) is 1. The second-order valence-corrected chi connectivity index (χ2v) is 12.3. The highest BCUT2D eigenvalue weighted by atomic mass is 32.2. The van der Waals surface area contributed by atoms with Gasteiger partial charge in [0.05, 0.1) is 22.8 Å². The van der Waals surface area contributed by atoms with Gasteiger partial charge in [-0.3, -0.25) is 9.59 Å². The Morgan fingerprint density at radius 1 is 1.06 bits per heavy atom. The van der Waals surface area contributed by atoms with Crippen LogP contribution in [-0.2, 0) is 24.2 Å². The van der Waals surface area contributed by atoms with Crippen molar-refractivity contribution in [1.82, 2.24) is 10.2 Å². The molecule has 34 heavy (non-hydrogen) atoms. The second kappa shape index (κ2) is 12.6. The number of thioether (sulfide) groups is 1. The van der Waals surface area contributed by atoms with Crippen molar-refractivity contribution in [2.75, 3.05) is 30.9 Å². The molecule has 1 saturated heterocycles. The Hall–Kier alpha value is -2.07. The summed E-state index contributed by atoms with van der Waals surface area (Å²) in [6, 6.07) is 6.66. The highest BCUT2D eigenvalue weighted by molar-refractivity contribution is 8.00. The monoisotopic (exact) mass is 510 g/mol. The van der Waals surface area contributed by atoms with Gasteiger partial charge in [-0.25, -0.2) is 13.2 Å². The molecule has 1 atom stereocenters. The van der Waals surface area contributed by atoms with E-state index in [1.165, 1.54) is 43.0 Å². The van der Waals surface area contributed by atoms with Gasteiger partial charge < -0.3 is 15.0 Å². The van der Waals surface area contributed by atoms with Crippen molar-refractivity contribution in [3.05, 3.63) is 29.8 Å². The van der Waals surface area contributed by atoms with E-state index in [9.17, 15) is 22.8 Å². The van der Waals surface area contributed by atoms with E-state index in [0.29, 0.717) is 16.9 Å². The first-order chi connectivity index (χ1) is 16.2. The summed E-state index contributed by atoms with van der Waals surface area (Å²) in [5, 5.41) is 3.12. The molecule has 0 bridgehead atoms. The zero-order valence-corrected chi connectivity index (χ0v) is 21.3. The Labute approximate surface area is 206 Å². The highest BCUT2D eigenvalue weighted by Gasteiger charge is 2.33. The lowest BCUT2D eigenvalue weighted by molar-refractivity contribution is -0.134. The lowest BCUT2D eigenvalue weighted by Crippen LogP contribution is -2.40. The maximum atomic E-state index is 12.6. The van der Waals surface area contributed by atoms with E-state index >= 15 is 0 Å². The third kappa shape index (κ3) is 8.01. The molecule has 1 aliphatic carbocycles. The number of rotatable bonds is 8. The van der Waals surface area contributed by atoms with Gasteiger partial charge >= 0.3 is 5.97 Å². The topological polar surface area (TPSA) is 110 Å². The van der Waals surface area contributed by atoms with Crippen molar-refractivity contribution in [1.29, 1.82) is 0 Å². The maximum absolute atomic E-state index is 12.6. The molecule has 1 aromatic rings. The molecule has 0 radical (unpaired) electrons. The number of hydrogen-bond donors (Lipinski definition) is 1. The molecule has 10 heteroatoms. The van der Waals surface area contributed by atoms with Crippen LogP contribution in [0.2, 0.25) is 0 Å². The van der Waals surface area contributed by atoms with E-state index in [1.807, 2.05) is 0 Å². The number of esters is 1. The zero-order valence-electron chi connectivity index (χ0n) is 19.7. The Bertz CT molecular complexity index is 973. The minimum atomic E-state index is -3.12. The third-order valence-electron chi connectivity index (χ3n) is 6.41. The van der Waals surface area contributed by atoms with Crippen LogP contribution in [0.25, 0.3) is 0 Å². The molecular formula is C24H34N2O6S2. The summed E-state index contributed by atoms with van der Waals surface area (Å²) >= 11 is 1.27. The van der Waals surface area contributed by atoms with Gasteiger partial charge in [0.25, 0.3) is 5.91 Å². The van der Waals surface area contributed by atoms with Crippen molar-refractivity contribution < 1.29 is 27.5 Å². The highest BCUT2D eigenvalue weighted by Crippen LogP contribution is 2.24. The van der Waals surface area contributed by atoms with Crippen LogP contribution in [0.3, 0.4) is 0 Å². The molecule has 3 rings (SSSR count). The molecule has 1 aliphatic heterocycles. The number of ether oxygens (including phenoxy) is 1. The second-order valence-electron chi connectivity index (χ2n) is 9.03. The Morgan fingerprint density at radius 2 is 1.74 bits per heavy atom. The van der Waals surface area contributed by atoms with Gasteiger partial charge in [-0.2, -0.15) is 0 Å². The van der Waals surface area contributed by atoms with Crippen LogP contribution < -0.4 is 5.32 Å². The van der Waals surface area contributed by atoms with Crippen LogP contribution in [-0.4, -0.2) is 74.1 Å². The van der Waals surface area contributed by atoms with E-state index in [4.69, 9.17) is 4.74 Å². The fourth-order valence-corrected chi connectivity index (χ4v) is 6.99. The third-order valence-corrected chi connectivity index (χ3v) is 9.24. The number of carbonyl (C=O) groups excluding carboxylic acids is 3. The van der Waals surface area contributed by atoms with Gasteiger partial charge in [0.15, 0.2) is 16.4 Å². The molecule has 1 aromatic carbocycles. The maximum Gasteiger partial charge on any atom is 0.339 e. The summed E-state index contributed by atoms with van der Waals surface area (Å²) in [5.74, 6) is -0.955. The average molecular weight is 511 g/mol. The summed E-state index contributed by atoms with van der Waals surface area (Å²) in [6.45, 7) is -0.465. The number of hydrogen-bond acceptors (Lipinski definition) is 7. The Kier molecular flexibility index (Phi) is 9.82. The van der Waals surface area contributed by atoms with E-state index < -0.39 is 34.4 Å². The van der Waals surface area contributed by atoms with Crippen molar-refractivity contribution in [2.45, 2.75) is 68.3 Å². The van der Waals surface area contributed by atoms with Crippen molar-refractivity contribution in [2.24, 2.45) is 0 Å². The molecule has 1 N–H and O–H groups in total. The molecule has 2 fully saturated rings. The van der Waals surface area contributed by atoms with Gasteiger partial charge in [0.2, 0.25) is 5.91 Å². The largest absolute Gasteiger partial charge is 0.452 e. The van der Waals surface area contributed by atoms with Crippen LogP contribution >= 0.6 is 11.8 Å². The quantitative estimate of drug-likeness (QED) is 0.423. The molecular weight excluding hydrogens is 476 g/mol. The van der Waals surface area contributed by atoms with Gasteiger partial charge in [-0.15, -0.1) is 11.8 Å². The van der Waals surface area contributed by atoms with E-state index in [2.05, 4.69) is 5.32 Å². The fraction of sp³-hybridized carbons (Fsp3) is 0.625. The number of likely N-dealkylation sites (N-methyl/N-ethyl adjacent to an activating group) is 1. The van der Waals surface area contributed by atoms with E-state index in [0.717, 1.165) is 25.7 Å². The summed E-state index contributed by atoms with van der Waals surface area (Å²) in [6.07, 6.45) is 8.38. The predicted octanol–water partition coefficient (Wildman–Crippen LogP) is 2.81. The minimum absolute atomic E-state index is 0.0536. The normalized spacial score (nSPS) is 20.7. The van der Waals surface area contributed by atoms with E-state index in [1.54, 1.807) is 24.3 Å². The molecule has 1 heterocycles. The molecule has 0 aromatic heterocycles. The molecule has 2 amide bonds. The molecule has 8 nitrogen and oxygen atoms in total. The van der Waals surface area contributed by atoms with Crippen LogP contribution in [0.4, 0.5) is 0 Å².